The molecule has 0 atom stereocenters. The van der Waals surface area contributed by atoms with Gasteiger partial charge in [0.25, 0.3) is 35.4 Å². The van der Waals surface area contributed by atoms with E-state index in [9.17, 15) is 63.5 Å². The maximum atomic E-state index is 12.6. The first-order valence-electron chi connectivity index (χ1n) is 35.1. The van der Waals surface area contributed by atoms with E-state index in [-0.39, 0.29) is 90.4 Å². The van der Waals surface area contributed by atoms with Crippen molar-refractivity contribution in [1.29, 1.82) is 0 Å². The molecule has 5 aliphatic rings. The molecule has 0 radical (unpaired) electrons. The number of nitro benzene ring substituents is 1. The van der Waals surface area contributed by atoms with Crippen LogP contribution >= 0.6 is 0 Å². The zero-order valence-corrected chi connectivity index (χ0v) is 62.8. The highest BCUT2D eigenvalue weighted by Gasteiger charge is 2.33. The number of ether oxygens (including phenoxy) is 2. The lowest BCUT2D eigenvalue weighted by Gasteiger charge is -2.35. The van der Waals surface area contributed by atoms with E-state index >= 15 is 0 Å². The fourth-order valence-electron chi connectivity index (χ4n) is 11.7. The number of carboxylic acids is 1. The van der Waals surface area contributed by atoms with Crippen LogP contribution < -0.4 is 16.4 Å². The first kappa shape index (κ1) is 85.3. The number of hydrogen-bond acceptors (Lipinski definition) is 18. The number of piperazine rings is 5. The molecule has 7 aromatic rings. The number of nitrogens with zero attached hydrogens (tertiary/aromatic N) is 14. The van der Waals surface area contributed by atoms with Crippen molar-refractivity contribution < 1.29 is 72.9 Å². The van der Waals surface area contributed by atoms with Gasteiger partial charge in [-0.2, -0.15) is 0 Å². The van der Waals surface area contributed by atoms with Gasteiger partial charge in [-0.25, -0.2) is 14.4 Å². The van der Waals surface area contributed by atoms with Crippen molar-refractivity contribution in [3.8, 4) is 11.5 Å². The zero-order chi connectivity index (χ0) is 78.4. The molecular weight excluding hydrogens is 1390 g/mol. The van der Waals surface area contributed by atoms with Gasteiger partial charge >= 0.3 is 23.8 Å². The standard InChI is InChI=1S/C17H18N4O5.C17H20N4O3.C15H23N3O3.C10H15N3O.C9H18N2O2.C6H7NO2.CH4/c1-18-7-3-6-14(18)17(24)20-10-8-19(9-11-20)16(23)12-4-2-5-13(15(12)22)21(25)26;1-19-7-3-6-14(19)17(24)21-10-8-20(9-11-21)16(23)12-4-2-5-13(18)15(12)22;1-15(2,3)21-14(20)18-10-8-17(9-11-18)13(19)12-6-5-7-16(12)4;1-12-6-2-3-9(12)10(14)13-7-4-11-5-8-13;1-9(2,3)13-8(12)11-6-4-10-5-7-11;1-7-4-2-3-5(7)6(8)9;/h2-7,22H,8-11H2,1H3;2-7,22H,8-11,18H2,1H3;5-7H,8-11H2,1-4H3;2-3,6,11H,4-5,7-8H2,1H3;10H,4-7H2,1-3H3;2-4H,1H3,(H,8,9);1H4. The average Bonchev–Trinajstić information content (AvgIpc) is 0.983. The second kappa shape index (κ2) is 39.1. The first-order chi connectivity index (χ1) is 50.7. The molecule has 2 aromatic carbocycles. The highest BCUT2D eigenvalue weighted by molar-refractivity contribution is 6.00. The predicted molar refractivity (Wildman–Crippen MR) is 405 cm³/mol. The van der Waals surface area contributed by atoms with Gasteiger partial charge in [-0.3, -0.25) is 38.9 Å². The molecule has 5 saturated heterocycles. The number of nitrogens with one attached hydrogen (secondary N) is 2. The summed E-state index contributed by atoms with van der Waals surface area (Å²) in [5.41, 5.74) is 7.47. The van der Waals surface area contributed by atoms with E-state index in [1.54, 1.807) is 118 Å². The molecule has 8 amide bonds. The van der Waals surface area contributed by atoms with E-state index in [1.807, 2.05) is 126 Å². The number of carboxylic acid groups (broad SMARTS) is 1. The van der Waals surface area contributed by atoms with Gasteiger partial charge in [-0.1, -0.05) is 19.6 Å². The Labute approximate surface area is 629 Å². The number of carbonyl (C=O) groups is 9. The highest BCUT2D eigenvalue weighted by Crippen LogP contribution is 2.31. The van der Waals surface area contributed by atoms with Crippen LogP contribution in [-0.4, -0.2) is 278 Å². The molecule has 0 bridgehead atoms. The molecule has 5 aromatic heterocycles. The highest BCUT2D eigenvalue weighted by atomic mass is 16.6. The summed E-state index contributed by atoms with van der Waals surface area (Å²) in [6, 6.07) is 26.4. The fraction of sp³-hybridized carbons (Fsp3) is 0.453. The summed E-state index contributed by atoms with van der Waals surface area (Å²) >= 11 is 0. The number of aromatic hydroxyl groups is 2. The monoisotopic (exact) mass is 1500 g/mol. The number of phenols is 2. The Morgan fingerprint density at radius 1 is 0.389 bits per heavy atom. The van der Waals surface area contributed by atoms with E-state index in [0.29, 0.717) is 88.2 Å². The SMILES string of the molecule is C.CC(C)(C)OC(=O)N1CCNCC1.Cn1cccc1C(=O)N1CCN(C(=O)OC(C)(C)C)CC1.Cn1cccc1C(=O)N1CCN(C(=O)c2cccc(N)c2O)CC1.Cn1cccc1C(=O)N1CCN(C(=O)c2cccc([N+](=O)[O-])c2O)CC1.Cn1cccc1C(=O)N1CCNCC1.Cn1cccc1C(=O)O. The van der Waals surface area contributed by atoms with Crippen molar-refractivity contribution in [2.45, 2.75) is 60.2 Å². The van der Waals surface area contributed by atoms with Crippen LogP contribution in [0.1, 0.15) is 122 Å². The molecule has 5 aliphatic heterocycles. The molecule has 0 aliphatic carbocycles. The van der Waals surface area contributed by atoms with Crippen molar-refractivity contribution in [1.82, 2.24) is 72.7 Å². The minimum atomic E-state index is -0.887. The maximum Gasteiger partial charge on any atom is 0.410 e. The number of para-hydroxylation sites is 2. The van der Waals surface area contributed by atoms with Gasteiger partial charge in [0.1, 0.15) is 39.7 Å². The van der Waals surface area contributed by atoms with Crippen LogP contribution in [0.5, 0.6) is 11.5 Å². The number of benzene rings is 2. The number of amides is 8. The topological polar surface area (TPSA) is 377 Å². The first-order valence-corrected chi connectivity index (χ1v) is 35.1. The summed E-state index contributed by atoms with van der Waals surface area (Å²) in [5, 5.41) is 45.7. The third-order valence-corrected chi connectivity index (χ3v) is 17.7. The van der Waals surface area contributed by atoms with Crippen molar-refractivity contribution >= 4 is 65.0 Å². The number of aromatic nitrogens is 5. The Kier molecular flexibility index (Phi) is 30.9. The van der Waals surface area contributed by atoms with E-state index in [1.165, 1.54) is 17.0 Å². The van der Waals surface area contributed by atoms with Gasteiger partial charge in [-0.05, 0) is 120 Å². The minimum absolute atomic E-state index is 0. The summed E-state index contributed by atoms with van der Waals surface area (Å²) in [6.07, 6.45) is 8.55. The molecule has 12 rings (SSSR count). The lowest BCUT2D eigenvalue weighted by Crippen LogP contribution is -2.51. The number of phenolic OH excluding ortho intramolecular Hbond substituents is 2. The number of nitrogen functional groups attached to an aromatic ring is 1. The van der Waals surface area contributed by atoms with Crippen molar-refractivity contribution in [2.24, 2.45) is 35.2 Å². The Bertz CT molecular complexity index is 4200. The van der Waals surface area contributed by atoms with E-state index < -0.39 is 33.8 Å². The van der Waals surface area contributed by atoms with Crippen LogP contribution in [0, 0.1) is 10.1 Å². The second-order valence-electron chi connectivity index (χ2n) is 27.7. The predicted octanol–water partition coefficient (Wildman–Crippen LogP) is 6.12. The van der Waals surface area contributed by atoms with Gasteiger partial charge in [0.05, 0.1) is 21.7 Å². The summed E-state index contributed by atoms with van der Waals surface area (Å²) < 4.78 is 19.3. The Hall–Kier alpha value is -11.6. The van der Waals surface area contributed by atoms with Crippen LogP contribution in [0.4, 0.5) is 21.0 Å². The maximum absolute atomic E-state index is 12.6. The molecule has 108 heavy (non-hydrogen) atoms. The number of carbonyl (C=O) groups excluding carboxylic acids is 8. The number of anilines is 1. The summed E-state index contributed by atoms with van der Waals surface area (Å²) in [7, 11) is 9.07. The summed E-state index contributed by atoms with van der Waals surface area (Å²) in [5.74, 6) is -2.48. The third-order valence-electron chi connectivity index (χ3n) is 17.7. The van der Waals surface area contributed by atoms with Crippen molar-refractivity contribution in [3.05, 3.63) is 178 Å². The molecule has 0 unspecified atom stereocenters. The molecule has 586 valence electrons. The number of nitro groups is 1. The number of aromatic carboxylic acids is 1. The number of hydrogen-bond donors (Lipinski definition) is 6. The van der Waals surface area contributed by atoms with Crippen molar-refractivity contribution in [2.75, 3.05) is 137 Å². The van der Waals surface area contributed by atoms with E-state index in [0.717, 1.165) is 64.1 Å². The van der Waals surface area contributed by atoms with E-state index in [4.69, 9.17) is 20.3 Å². The van der Waals surface area contributed by atoms with Crippen LogP contribution in [0.15, 0.2) is 128 Å². The minimum Gasteiger partial charge on any atom is -0.505 e. The quantitative estimate of drug-likeness (QED) is 0.0431. The van der Waals surface area contributed by atoms with Gasteiger partial charge in [0, 0.05) is 203 Å². The lowest BCUT2D eigenvalue weighted by atomic mass is 10.1. The molecule has 0 spiro atoms. The van der Waals surface area contributed by atoms with E-state index in [2.05, 4.69) is 10.6 Å². The van der Waals surface area contributed by atoms with Crippen LogP contribution in [0.3, 0.4) is 0 Å². The summed E-state index contributed by atoms with van der Waals surface area (Å²) in [4.78, 5) is 132. The molecule has 7 N–H and O–H groups in total. The largest absolute Gasteiger partial charge is 0.505 e. The smallest absolute Gasteiger partial charge is 0.410 e. The normalized spacial score (nSPS) is 15.1. The van der Waals surface area contributed by atoms with Crippen LogP contribution in [0.2, 0.25) is 0 Å². The second-order valence-corrected chi connectivity index (χ2v) is 27.7. The van der Waals surface area contributed by atoms with Crippen LogP contribution in [-0.2, 0) is 44.7 Å². The number of nitrogens with two attached hydrogens (primary N) is 1. The lowest BCUT2D eigenvalue weighted by molar-refractivity contribution is -0.385. The van der Waals surface area contributed by atoms with Gasteiger partial charge in [-0.15, -0.1) is 0 Å². The Morgan fingerprint density at radius 2 is 0.648 bits per heavy atom. The summed E-state index contributed by atoms with van der Waals surface area (Å²) in [6.45, 7) is 22.9. The van der Waals surface area contributed by atoms with Crippen LogP contribution in [0.25, 0.3) is 0 Å². The van der Waals surface area contributed by atoms with Gasteiger partial charge < -0.3 is 103 Å². The fourth-order valence-corrected chi connectivity index (χ4v) is 11.7. The zero-order valence-electron chi connectivity index (χ0n) is 62.8. The molecular formula is C75H105N17O16. The van der Waals surface area contributed by atoms with Crippen molar-refractivity contribution in [3.63, 3.8) is 0 Å². The molecule has 10 heterocycles. The van der Waals surface area contributed by atoms with Gasteiger partial charge in [0.15, 0.2) is 5.75 Å². The number of rotatable bonds is 8. The molecule has 0 saturated carbocycles. The average molecular weight is 1500 g/mol. The Balaban J connectivity index is 0.000000208. The van der Waals surface area contributed by atoms with Gasteiger partial charge in [0.2, 0.25) is 5.75 Å². The third kappa shape index (κ3) is 23.7. The number of aryl methyl sites for hydroxylation is 5. The molecule has 33 nitrogen and oxygen atoms in total. The Morgan fingerprint density at radius 3 is 0.926 bits per heavy atom. The molecule has 33 heteroatoms. The molecule has 5 fully saturated rings.